The van der Waals surface area contributed by atoms with E-state index in [9.17, 15) is 18.3 Å². The van der Waals surface area contributed by atoms with Gasteiger partial charge in [-0.25, -0.2) is 8.42 Å². The lowest BCUT2D eigenvalue weighted by molar-refractivity contribution is 0.0344. The van der Waals surface area contributed by atoms with Crippen LogP contribution < -0.4 is 9.46 Å². The molecule has 1 heterocycles. The third-order valence-corrected chi connectivity index (χ3v) is 9.38. The van der Waals surface area contributed by atoms with E-state index in [4.69, 9.17) is 4.74 Å². The highest BCUT2D eigenvalue weighted by atomic mass is 32.2. The largest absolute Gasteiger partial charge is 0.486 e. The molecule has 0 aliphatic carbocycles. The maximum absolute atomic E-state index is 13.8. The zero-order chi connectivity index (χ0) is 31.3. The van der Waals surface area contributed by atoms with E-state index in [-0.39, 0.29) is 46.4 Å². The molecule has 0 aromatic heterocycles. The van der Waals surface area contributed by atoms with Crippen LogP contribution in [-0.4, -0.2) is 68.1 Å². The number of hydrogen-bond donors (Lipinski definition) is 2. The smallest absolute Gasteiger partial charge is 0.262 e. The number of hydrogen-bond acceptors (Lipinski definition) is 6. The summed E-state index contributed by atoms with van der Waals surface area (Å²) >= 11 is 0. The van der Waals surface area contributed by atoms with E-state index in [0.29, 0.717) is 19.6 Å². The number of anilines is 1. The van der Waals surface area contributed by atoms with Gasteiger partial charge in [0.2, 0.25) is 0 Å². The van der Waals surface area contributed by atoms with Gasteiger partial charge in [0.25, 0.3) is 15.9 Å². The van der Waals surface area contributed by atoms with E-state index < -0.39 is 16.1 Å². The maximum atomic E-state index is 13.8. The number of likely N-dealkylation sites (N-methyl/N-ethyl adjacent to an activating group) is 1. The Labute approximate surface area is 260 Å². The minimum absolute atomic E-state index is 0.105. The van der Waals surface area contributed by atoms with Crippen molar-refractivity contribution in [1.82, 2.24) is 9.80 Å². The Balaban J connectivity index is 1.42. The van der Waals surface area contributed by atoms with Crippen LogP contribution in [0.1, 0.15) is 29.8 Å². The first-order valence-electron chi connectivity index (χ1n) is 14.8. The number of rotatable bonds is 10. The van der Waals surface area contributed by atoms with Crippen LogP contribution in [0.2, 0.25) is 0 Å². The average Bonchev–Trinajstić information content (AvgIpc) is 3.03. The summed E-state index contributed by atoms with van der Waals surface area (Å²) in [7, 11) is -1.93. The van der Waals surface area contributed by atoms with Gasteiger partial charge in [-0.15, -0.1) is 0 Å². The van der Waals surface area contributed by atoms with Crippen LogP contribution in [0, 0.1) is 5.92 Å². The van der Waals surface area contributed by atoms with Crippen LogP contribution in [0.25, 0.3) is 11.1 Å². The highest BCUT2D eigenvalue weighted by molar-refractivity contribution is 7.92. The molecular weight excluding hydrogens is 574 g/mol. The molecule has 0 unspecified atom stereocenters. The van der Waals surface area contributed by atoms with E-state index >= 15 is 0 Å². The molecule has 0 saturated carbocycles. The number of amides is 1. The molecule has 0 spiro atoms. The van der Waals surface area contributed by atoms with Gasteiger partial charge in [-0.2, -0.15) is 0 Å². The summed E-state index contributed by atoms with van der Waals surface area (Å²) in [5, 5.41) is 9.98. The summed E-state index contributed by atoms with van der Waals surface area (Å²) in [4.78, 5) is 17.7. The molecule has 44 heavy (non-hydrogen) atoms. The number of benzene rings is 4. The molecule has 0 radical (unpaired) electrons. The Morgan fingerprint density at radius 3 is 2.23 bits per heavy atom. The first-order chi connectivity index (χ1) is 21.2. The molecule has 2 N–H and O–H groups in total. The van der Waals surface area contributed by atoms with Crippen LogP contribution in [-0.2, 0) is 16.6 Å². The van der Waals surface area contributed by atoms with Crippen molar-refractivity contribution in [3.63, 3.8) is 0 Å². The molecule has 0 fully saturated rings. The Morgan fingerprint density at radius 1 is 0.932 bits per heavy atom. The molecule has 3 atom stereocenters. The van der Waals surface area contributed by atoms with Crippen molar-refractivity contribution in [3.05, 3.63) is 114 Å². The number of aliphatic hydroxyl groups is 1. The van der Waals surface area contributed by atoms with E-state index in [0.717, 1.165) is 16.7 Å². The lowest BCUT2D eigenvalue weighted by atomic mass is 9.98. The Hall–Kier alpha value is -4.18. The van der Waals surface area contributed by atoms with Gasteiger partial charge >= 0.3 is 0 Å². The topological polar surface area (TPSA) is 99.2 Å². The zero-order valence-electron chi connectivity index (χ0n) is 25.3. The van der Waals surface area contributed by atoms with Gasteiger partial charge in [-0.05, 0) is 54.9 Å². The van der Waals surface area contributed by atoms with Gasteiger partial charge < -0.3 is 14.7 Å². The van der Waals surface area contributed by atoms with Gasteiger partial charge in [0, 0.05) is 25.6 Å². The van der Waals surface area contributed by atoms with E-state index in [1.807, 2.05) is 32.2 Å². The van der Waals surface area contributed by atoms with Gasteiger partial charge in [0.05, 0.1) is 28.8 Å². The SMILES string of the molecule is C[C@@H]1CN([C@@H](C)CO)C(=O)c2cccc(NS(=O)(=O)c3ccccc3)c2O[C@H]1CN(C)Cc1ccc(-c2ccccc2)cc1. The molecule has 8 nitrogen and oxygen atoms in total. The second kappa shape index (κ2) is 13.6. The lowest BCUT2D eigenvalue weighted by Crippen LogP contribution is -2.49. The van der Waals surface area contributed by atoms with Gasteiger partial charge in [-0.1, -0.05) is 85.8 Å². The third-order valence-electron chi connectivity index (χ3n) is 7.99. The van der Waals surface area contributed by atoms with Crippen molar-refractivity contribution in [2.45, 2.75) is 37.4 Å². The van der Waals surface area contributed by atoms with E-state index in [2.05, 4.69) is 46.0 Å². The van der Waals surface area contributed by atoms with Crippen molar-refractivity contribution < 1.29 is 23.1 Å². The zero-order valence-corrected chi connectivity index (χ0v) is 26.1. The third kappa shape index (κ3) is 7.13. The highest BCUT2D eigenvalue weighted by Gasteiger charge is 2.35. The fourth-order valence-corrected chi connectivity index (χ4v) is 6.55. The molecule has 0 bridgehead atoms. The standard InChI is InChI=1S/C35H39N3O5S/c1-25-21-38(26(2)24-39)35(40)31-15-10-16-32(36-44(41,42)30-13-8-5-9-14-30)34(31)43-33(25)23-37(3)22-27-17-19-29(20-18-27)28-11-6-4-7-12-28/h4-20,25-26,33,36,39H,21-24H2,1-3H3/t25-,26+,33+/m1/s1. The number of fused-ring (bicyclic) bond motifs is 1. The summed E-state index contributed by atoms with van der Waals surface area (Å²) < 4.78 is 35.8. The first kappa shape index (κ1) is 31.3. The number of nitrogens with zero attached hydrogens (tertiary/aromatic N) is 2. The summed E-state index contributed by atoms with van der Waals surface area (Å²) in [6.07, 6.45) is -0.383. The molecular formula is C35H39N3O5S. The maximum Gasteiger partial charge on any atom is 0.262 e. The average molecular weight is 614 g/mol. The predicted molar refractivity (Wildman–Crippen MR) is 173 cm³/mol. The van der Waals surface area contributed by atoms with E-state index in [1.54, 1.807) is 48.2 Å². The minimum atomic E-state index is -3.94. The number of carbonyl (C=O) groups excluding carboxylic acids is 1. The molecule has 1 aliphatic rings. The molecule has 5 rings (SSSR count). The van der Waals surface area contributed by atoms with Crippen molar-refractivity contribution in [2.75, 3.05) is 31.5 Å². The minimum Gasteiger partial charge on any atom is -0.486 e. The Kier molecular flexibility index (Phi) is 9.68. The molecule has 4 aromatic rings. The molecule has 230 valence electrons. The second-order valence-corrected chi connectivity index (χ2v) is 13.2. The monoisotopic (exact) mass is 613 g/mol. The van der Waals surface area contributed by atoms with Crippen molar-refractivity contribution in [1.29, 1.82) is 0 Å². The van der Waals surface area contributed by atoms with Gasteiger partial charge in [-0.3, -0.25) is 14.4 Å². The summed E-state index contributed by atoms with van der Waals surface area (Å²) in [5.41, 5.74) is 3.90. The Bertz CT molecular complexity index is 1660. The summed E-state index contributed by atoms with van der Waals surface area (Å²) in [6.45, 7) is 5.19. The fourth-order valence-electron chi connectivity index (χ4n) is 5.46. The number of nitrogens with one attached hydrogen (secondary N) is 1. The number of para-hydroxylation sites is 1. The van der Waals surface area contributed by atoms with Crippen molar-refractivity contribution in [3.8, 4) is 16.9 Å². The number of sulfonamides is 1. The normalized spacial score (nSPS) is 17.8. The highest BCUT2D eigenvalue weighted by Crippen LogP contribution is 2.36. The van der Waals surface area contributed by atoms with Gasteiger partial charge in [0.15, 0.2) is 5.75 Å². The summed E-state index contributed by atoms with van der Waals surface area (Å²) in [6, 6.07) is 31.2. The molecule has 9 heteroatoms. The van der Waals surface area contributed by atoms with Crippen LogP contribution in [0.4, 0.5) is 5.69 Å². The number of carbonyl (C=O) groups is 1. The Morgan fingerprint density at radius 2 is 1.57 bits per heavy atom. The fraction of sp³-hybridized carbons (Fsp3) is 0.286. The van der Waals surface area contributed by atoms with Crippen LogP contribution in [0.15, 0.2) is 108 Å². The van der Waals surface area contributed by atoms with Crippen molar-refractivity contribution >= 4 is 21.6 Å². The lowest BCUT2D eigenvalue weighted by Gasteiger charge is -2.38. The van der Waals surface area contributed by atoms with E-state index in [1.165, 1.54) is 12.1 Å². The quantitative estimate of drug-likeness (QED) is 0.245. The first-order valence-corrected chi connectivity index (χ1v) is 16.3. The van der Waals surface area contributed by atoms with Gasteiger partial charge in [0.1, 0.15) is 6.10 Å². The number of aliphatic hydroxyl groups excluding tert-OH is 1. The number of ether oxygens (including phenoxy) is 1. The van der Waals surface area contributed by atoms with Crippen LogP contribution >= 0.6 is 0 Å². The molecule has 4 aromatic carbocycles. The van der Waals surface area contributed by atoms with Crippen molar-refractivity contribution in [2.24, 2.45) is 5.92 Å². The van der Waals surface area contributed by atoms with Crippen LogP contribution in [0.5, 0.6) is 5.75 Å². The summed E-state index contributed by atoms with van der Waals surface area (Å²) in [5.74, 6) is -0.258. The molecule has 0 saturated heterocycles. The molecule has 1 amide bonds. The second-order valence-electron chi connectivity index (χ2n) is 11.5. The predicted octanol–water partition coefficient (Wildman–Crippen LogP) is 5.51. The molecule has 1 aliphatic heterocycles. The van der Waals surface area contributed by atoms with Crippen LogP contribution in [0.3, 0.4) is 0 Å².